The van der Waals surface area contributed by atoms with Crippen LogP contribution in [0.15, 0.2) is 23.8 Å². The summed E-state index contributed by atoms with van der Waals surface area (Å²) in [7, 11) is 6.81. The van der Waals surface area contributed by atoms with Gasteiger partial charge in [-0.2, -0.15) is 0 Å². The van der Waals surface area contributed by atoms with Gasteiger partial charge in [-0.3, -0.25) is 9.59 Å². The number of carbonyl (C=O) groups excluding carboxylic acids is 3. The van der Waals surface area contributed by atoms with E-state index in [1.54, 1.807) is 39.0 Å². The molecule has 1 amide bonds. The Kier molecular flexibility index (Phi) is 8.09. The molecule has 36 heavy (non-hydrogen) atoms. The van der Waals surface area contributed by atoms with Crippen molar-refractivity contribution in [2.75, 3.05) is 48.0 Å². The molecular weight excluding hydrogens is 466 g/mol. The van der Waals surface area contributed by atoms with Crippen LogP contribution in [0.1, 0.15) is 45.8 Å². The molecule has 1 aromatic carbocycles. The first-order valence-corrected chi connectivity index (χ1v) is 11.7. The number of likely N-dealkylation sites (N-methyl/N-ethyl adjacent to an activating group) is 1. The SMILES string of the molecule is CCOC(=O)c1[nH]c(C)c(C([O-])=C2C(=O)C(=O)N(CC[NH+](C)C)C2c2cccc(OC)c2OC)c1C. The molecule has 0 aliphatic carbocycles. The van der Waals surface area contributed by atoms with Gasteiger partial charge in [0.15, 0.2) is 11.5 Å². The standard InChI is InChI=1S/C26H33N3O7/c1-8-36-26(33)20-14(2)18(15(3)27-20)22(30)19-21(16-10-9-11-17(34-6)24(16)35-7)29(13-12-28(4)5)25(32)23(19)31/h9-11,21,27,30H,8,12-13H2,1-7H3. The number of aryl methyl sites for hydroxylation is 1. The molecule has 194 valence electrons. The number of ether oxygens (including phenoxy) is 3. The molecule has 1 fully saturated rings. The van der Waals surface area contributed by atoms with Crippen LogP contribution < -0.4 is 19.5 Å². The van der Waals surface area contributed by atoms with Gasteiger partial charge in [0.1, 0.15) is 5.69 Å². The zero-order valence-corrected chi connectivity index (χ0v) is 21.7. The minimum atomic E-state index is -0.985. The third kappa shape index (κ3) is 4.68. The van der Waals surface area contributed by atoms with E-state index in [0.29, 0.717) is 34.9 Å². The van der Waals surface area contributed by atoms with Gasteiger partial charge < -0.3 is 34.1 Å². The molecular formula is C26H33N3O7. The van der Waals surface area contributed by atoms with Crippen molar-refractivity contribution in [3.05, 3.63) is 51.9 Å². The number of esters is 1. The number of ketones is 1. The van der Waals surface area contributed by atoms with Crippen molar-refractivity contribution in [1.82, 2.24) is 9.88 Å². The van der Waals surface area contributed by atoms with Crippen molar-refractivity contribution >= 4 is 23.4 Å². The van der Waals surface area contributed by atoms with Gasteiger partial charge in [-0.15, -0.1) is 0 Å². The molecule has 1 aromatic heterocycles. The number of benzene rings is 1. The molecule has 0 spiro atoms. The number of quaternary nitrogens is 1. The second-order valence-electron chi connectivity index (χ2n) is 8.86. The number of nitrogens with zero attached hydrogens (tertiary/aromatic N) is 1. The largest absolute Gasteiger partial charge is 0.872 e. The highest BCUT2D eigenvalue weighted by Crippen LogP contribution is 2.45. The summed E-state index contributed by atoms with van der Waals surface area (Å²) in [4.78, 5) is 44.3. The van der Waals surface area contributed by atoms with Crippen molar-refractivity contribution in [2.45, 2.75) is 26.8 Å². The lowest BCUT2D eigenvalue weighted by Gasteiger charge is -2.29. The fourth-order valence-electron chi connectivity index (χ4n) is 4.53. The summed E-state index contributed by atoms with van der Waals surface area (Å²) in [6, 6.07) is 4.14. The van der Waals surface area contributed by atoms with Gasteiger partial charge in [0, 0.05) is 16.8 Å². The van der Waals surface area contributed by atoms with Crippen LogP contribution in [-0.4, -0.2) is 75.6 Å². The minimum Gasteiger partial charge on any atom is -0.872 e. The molecule has 2 aromatic rings. The maximum absolute atomic E-state index is 14.0. The summed E-state index contributed by atoms with van der Waals surface area (Å²) in [5.41, 5.74) is 1.34. The second kappa shape index (κ2) is 10.9. The number of aromatic amines is 1. The van der Waals surface area contributed by atoms with Gasteiger partial charge >= 0.3 is 5.97 Å². The molecule has 1 atom stereocenters. The second-order valence-corrected chi connectivity index (χ2v) is 8.86. The first kappa shape index (κ1) is 26.8. The lowest BCUT2D eigenvalue weighted by atomic mass is 9.93. The first-order chi connectivity index (χ1) is 17.1. The van der Waals surface area contributed by atoms with E-state index in [-0.39, 0.29) is 30.0 Å². The fraction of sp³-hybridized carbons (Fsp3) is 0.423. The predicted octanol–water partition coefficient (Wildman–Crippen LogP) is 0.194. The van der Waals surface area contributed by atoms with E-state index in [1.807, 2.05) is 14.1 Å². The van der Waals surface area contributed by atoms with E-state index in [2.05, 4.69) is 4.98 Å². The van der Waals surface area contributed by atoms with E-state index in [1.165, 1.54) is 19.1 Å². The number of H-pyrrole nitrogens is 1. The molecule has 0 bridgehead atoms. The number of carbonyl (C=O) groups is 3. The zero-order valence-electron chi connectivity index (χ0n) is 21.7. The van der Waals surface area contributed by atoms with Crippen LogP contribution in [0.2, 0.25) is 0 Å². The molecule has 1 aliphatic heterocycles. The maximum atomic E-state index is 14.0. The van der Waals surface area contributed by atoms with E-state index in [9.17, 15) is 19.5 Å². The Morgan fingerprint density at radius 2 is 1.86 bits per heavy atom. The molecule has 0 radical (unpaired) electrons. The van der Waals surface area contributed by atoms with Crippen LogP contribution in [-0.2, 0) is 14.3 Å². The summed E-state index contributed by atoms with van der Waals surface area (Å²) in [6.07, 6.45) is 0. The van der Waals surface area contributed by atoms with Gasteiger partial charge in [-0.05, 0) is 38.0 Å². The highest BCUT2D eigenvalue weighted by Gasteiger charge is 2.46. The summed E-state index contributed by atoms with van der Waals surface area (Å²) < 4.78 is 16.1. The van der Waals surface area contributed by atoms with E-state index in [4.69, 9.17) is 14.2 Å². The molecule has 1 aliphatic rings. The predicted molar refractivity (Wildman–Crippen MR) is 130 cm³/mol. The molecule has 10 heteroatoms. The monoisotopic (exact) mass is 499 g/mol. The van der Waals surface area contributed by atoms with Gasteiger partial charge in [0.05, 0.1) is 54.1 Å². The topological polar surface area (TPSA) is 125 Å². The number of rotatable bonds is 9. The number of para-hydroxylation sites is 1. The number of amides is 1. The third-order valence-electron chi connectivity index (χ3n) is 6.25. The van der Waals surface area contributed by atoms with Crippen molar-refractivity contribution in [1.29, 1.82) is 0 Å². The Morgan fingerprint density at radius 1 is 1.17 bits per heavy atom. The highest BCUT2D eigenvalue weighted by atomic mass is 16.5. The van der Waals surface area contributed by atoms with Crippen molar-refractivity contribution in [2.24, 2.45) is 0 Å². The summed E-state index contributed by atoms with van der Waals surface area (Å²) in [5, 5.41) is 14.0. The number of methoxy groups -OCH3 is 2. The van der Waals surface area contributed by atoms with Crippen LogP contribution in [0.3, 0.4) is 0 Å². The smallest absolute Gasteiger partial charge is 0.355 e. The molecule has 2 N–H and O–H groups in total. The number of likely N-dealkylation sites (tertiary alicyclic amines) is 1. The van der Waals surface area contributed by atoms with Gasteiger partial charge in [0.2, 0.25) is 5.78 Å². The summed E-state index contributed by atoms with van der Waals surface area (Å²) >= 11 is 0. The zero-order chi connectivity index (χ0) is 26.7. The number of nitrogens with one attached hydrogen (secondary N) is 2. The Morgan fingerprint density at radius 3 is 2.44 bits per heavy atom. The summed E-state index contributed by atoms with van der Waals surface area (Å²) in [5.74, 6) is -2.12. The van der Waals surface area contributed by atoms with Crippen LogP contribution >= 0.6 is 0 Å². The lowest BCUT2D eigenvalue weighted by molar-refractivity contribution is -0.857. The van der Waals surface area contributed by atoms with Crippen molar-refractivity contribution < 1.29 is 38.6 Å². The van der Waals surface area contributed by atoms with Crippen molar-refractivity contribution in [3.63, 3.8) is 0 Å². The van der Waals surface area contributed by atoms with E-state index >= 15 is 0 Å². The van der Waals surface area contributed by atoms with Crippen LogP contribution in [0.5, 0.6) is 11.5 Å². The maximum Gasteiger partial charge on any atom is 0.355 e. The summed E-state index contributed by atoms with van der Waals surface area (Å²) in [6.45, 7) is 5.90. The Bertz CT molecular complexity index is 1210. The Labute approximate surface area is 210 Å². The number of Topliss-reactive ketones (excluding diaryl/α,β-unsaturated/α-hetero) is 1. The number of hydrogen-bond acceptors (Lipinski definition) is 7. The van der Waals surface area contributed by atoms with Crippen LogP contribution in [0, 0.1) is 13.8 Å². The third-order valence-corrected chi connectivity index (χ3v) is 6.25. The molecule has 10 nitrogen and oxygen atoms in total. The minimum absolute atomic E-state index is 0.138. The van der Waals surface area contributed by atoms with Gasteiger partial charge in [0.25, 0.3) is 5.91 Å². The van der Waals surface area contributed by atoms with Crippen LogP contribution in [0.25, 0.3) is 5.76 Å². The lowest BCUT2D eigenvalue weighted by Crippen LogP contribution is -3.06. The Hall–Kier alpha value is -3.79. The average Bonchev–Trinajstić information content (AvgIpc) is 3.28. The van der Waals surface area contributed by atoms with Crippen molar-refractivity contribution in [3.8, 4) is 11.5 Å². The first-order valence-electron chi connectivity index (χ1n) is 11.7. The molecule has 2 heterocycles. The Balaban J connectivity index is 2.29. The quantitative estimate of drug-likeness (QED) is 0.218. The van der Waals surface area contributed by atoms with E-state index in [0.717, 1.165) is 4.90 Å². The number of hydrogen-bond donors (Lipinski definition) is 2. The number of aromatic nitrogens is 1. The van der Waals surface area contributed by atoms with Gasteiger partial charge in [-0.1, -0.05) is 17.9 Å². The van der Waals surface area contributed by atoms with Gasteiger partial charge in [-0.25, -0.2) is 4.79 Å². The van der Waals surface area contributed by atoms with E-state index < -0.39 is 29.5 Å². The average molecular weight is 500 g/mol. The van der Waals surface area contributed by atoms with Crippen LogP contribution in [0.4, 0.5) is 0 Å². The molecule has 1 unspecified atom stereocenters. The molecule has 1 saturated heterocycles. The molecule has 3 rings (SSSR count). The fourth-order valence-corrected chi connectivity index (χ4v) is 4.53. The normalized spacial score (nSPS) is 17.1. The molecule has 0 saturated carbocycles. The highest BCUT2D eigenvalue weighted by molar-refractivity contribution is 6.46.